The first kappa shape index (κ1) is 21.3. The number of hydrogen-bond donors (Lipinski definition) is 1. The molecule has 25 heavy (non-hydrogen) atoms. The van der Waals surface area contributed by atoms with E-state index in [1.54, 1.807) is 23.9 Å². The molecule has 0 saturated heterocycles. The molecular weight excluding hydrogens is 326 g/mol. The van der Waals surface area contributed by atoms with Gasteiger partial charge in [-0.05, 0) is 77.6 Å². The van der Waals surface area contributed by atoms with Crippen LogP contribution < -0.4 is 5.73 Å². The number of carbonyl (C=O) groups is 1. The average molecular weight is 358 g/mol. The number of benzene rings is 1. The molecule has 3 heteroatoms. The highest BCUT2D eigenvalue weighted by Crippen LogP contribution is 2.20. The summed E-state index contributed by atoms with van der Waals surface area (Å²) in [5.74, 6) is 0.571. The number of carbonyl (C=O) groups excluding carboxylic acids is 1. The second kappa shape index (κ2) is 11.8. The van der Waals surface area contributed by atoms with Crippen LogP contribution in [0.1, 0.15) is 63.7 Å². The number of nitrogens with two attached hydrogens (primary N) is 1. The van der Waals surface area contributed by atoms with Crippen LogP contribution in [0, 0.1) is 0 Å². The van der Waals surface area contributed by atoms with E-state index >= 15 is 0 Å². The number of hydrogen-bond acceptors (Lipinski definition) is 2. The number of primary amides is 1. The summed E-state index contributed by atoms with van der Waals surface area (Å²) in [6.07, 6.45) is 11.5. The normalized spacial score (nSPS) is 12.2. The molecule has 0 heterocycles. The van der Waals surface area contributed by atoms with E-state index < -0.39 is 0 Å². The van der Waals surface area contributed by atoms with Gasteiger partial charge < -0.3 is 5.73 Å². The van der Waals surface area contributed by atoms with Crippen molar-refractivity contribution in [2.75, 3.05) is 5.75 Å². The first-order chi connectivity index (χ1) is 11.9. The predicted octanol–water partition coefficient (Wildman–Crippen LogP) is 6.30. The molecule has 0 aliphatic carbocycles. The molecule has 0 aliphatic rings. The van der Waals surface area contributed by atoms with Gasteiger partial charge in [0.2, 0.25) is 5.91 Å². The van der Waals surface area contributed by atoms with Gasteiger partial charge in [-0.25, -0.2) is 0 Å². The highest BCUT2D eigenvalue weighted by atomic mass is 32.2. The van der Waals surface area contributed by atoms with E-state index in [-0.39, 0.29) is 5.91 Å². The Kier molecular flexibility index (Phi) is 10.0. The SMILES string of the molecule is CC(C)=CCC/C(C)=C/CC/C(C)=C/CSc1ccc(C(N)=O)cc1. The van der Waals surface area contributed by atoms with Crippen LogP contribution >= 0.6 is 11.8 Å². The van der Waals surface area contributed by atoms with Crippen molar-refractivity contribution in [1.82, 2.24) is 0 Å². The van der Waals surface area contributed by atoms with Crippen molar-refractivity contribution in [1.29, 1.82) is 0 Å². The molecule has 136 valence electrons. The Hall–Kier alpha value is -1.74. The number of amides is 1. The van der Waals surface area contributed by atoms with Gasteiger partial charge in [-0.1, -0.05) is 34.9 Å². The molecule has 1 rings (SSSR count). The van der Waals surface area contributed by atoms with Gasteiger partial charge in [0.25, 0.3) is 0 Å². The summed E-state index contributed by atoms with van der Waals surface area (Å²) in [4.78, 5) is 12.2. The minimum absolute atomic E-state index is 0.378. The van der Waals surface area contributed by atoms with Gasteiger partial charge in [0.1, 0.15) is 0 Å². The molecule has 0 unspecified atom stereocenters. The van der Waals surface area contributed by atoms with E-state index in [4.69, 9.17) is 5.73 Å². The zero-order valence-corrected chi connectivity index (χ0v) is 16.8. The molecule has 1 aromatic carbocycles. The van der Waals surface area contributed by atoms with Crippen molar-refractivity contribution in [3.8, 4) is 0 Å². The second-order valence-corrected chi connectivity index (χ2v) is 7.75. The molecule has 0 saturated carbocycles. The topological polar surface area (TPSA) is 43.1 Å². The lowest BCUT2D eigenvalue weighted by molar-refractivity contribution is 0.1000. The molecule has 2 N–H and O–H groups in total. The summed E-state index contributed by atoms with van der Waals surface area (Å²) in [6, 6.07) is 7.47. The number of allylic oxidation sites excluding steroid dienone is 5. The standard InChI is InChI=1S/C22H31NOS/c1-17(2)7-5-8-18(3)9-6-10-19(4)15-16-25-21-13-11-20(12-14-21)22(23)24/h7,9,11-15H,5-6,8,10,16H2,1-4H3,(H2,23,24)/b18-9+,19-15+. The van der Waals surface area contributed by atoms with Gasteiger partial charge in [0.15, 0.2) is 0 Å². The van der Waals surface area contributed by atoms with Crippen molar-refractivity contribution in [2.24, 2.45) is 5.73 Å². The van der Waals surface area contributed by atoms with Gasteiger partial charge >= 0.3 is 0 Å². The summed E-state index contributed by atoms with van der Waals surface area (Å²) >= 11 is 1.77. The highest BCUT2D eigenvalue weighted by Gasteiger charge is 1.99. The first-order valence-corrected chi connectivity index (χ1v) is 9.84. The maximum Gasteiger partial charge on any atom is 0.248 e. The number of rotatable bonds is 10. The summed E-state index contributed by atoms with van der Waals surface area (Å²) < 4.78 is 0. The van der Waals surface area contributed by atoms with Crippen LogP contribution in [0.2, 0.25) is 0 Å². The Balaban J connectivity index is 2.31. The summed E-state index contributed by atoms with van der Waals surface area (Å²) in [6.45, 7) is 8.72. The zero-order valence-electron chi connectivity index (χ0n) is 16.0. The summed E-state index contributed by atoms with van der Waals surface area (Å²) in [5, 5.41) is 0. The third-order valence-electron chi connectivity index (χ3n) is 3.94. The van der Waals surface area contributed by atoms with Crippen molar-refractivity contribution in [3.63, 3.8) is 0 Å². The van der Waals surface area contributed by atoms with Gasteiger partial charge in [-0.3, -0.25) is 4.79 Å². The third-order valence-corrected chi connectivity index (χ3v) is 4.88. The van der Waals surface area contributed by atoms with Crippen LogP contribution in [0.5, 0.6) is 0 Å². The quantitative estimate of drug-likeness (QED) is 0.394. The van der Waals surface area contributed by atoms with Gasteiger partial charge in [-0.15, -0.1) is 11.8 Å². The Morgan fingerprint density at radius 3 is 2.04 bits per heavy atom. The largest absolute Gasteiger partial charge is 0.366 e. The molecular formula is C22H31NOS. The summed E-state index contributed by atoms with van der Waals surface area (Å²) in [7, 11) is 0. The smallest absolute Gasteiger partial charge is 0.248 e. The minimum Gasteiger partial charge on any atom is -0.366 e. The van der Waals surface area contributed by atoms with Crippen molar-refractivity contribution in [3.05, 3.63) is 64.8 Å². The average Bonchev–Trinajstić information content (AvgIpc) is 2.55. The minimum atomic E-state index is -0.378. The monoisotopic (exact) mass is 357 g/mol. The fraction of sp³-hybridized carbons (Fsp3) is 0.409. The molecule has 0 aromatic heterocycles. The van der Waals surface area contributed by atoms with Crippen LogP contribution in [0.25, 0.3) is 0 Å². The lowest BCUT2D eigenvalue weighted by atomic mass is 10.1. The summed E-state index contributed by atoms with van der Waals surface area (Å²) in [5.41, 5.74) is 10.1. The van der Waals surface area contributed by atoms with Crippen LogP contribution in [0.15, 0.2) is 64.1 Å². The van der Waals surface area contributed by atoms with Crippen LogP contribution in [-0.4, -0.2) is 11.7 Å². The van der Waals surface area contributed by atoms with Crippen molar-refractivity contribution >= 4 is 17.7 Å². The molecule has 2 nitrogen and oxygen atoms in total. The molecule has 0 radical (unpaired) electrons. The van der Waals surface area contributed by atoms with E-state index in [9.17, 15) is 4.79 Å². The van der Waals surface area contributed by atoms with E-state index in [1.807, 2.05) is 12.1 Å². The Morgan fingerprint density at radius 1 is 0.920 bits per heavy atom. The Bertz CT molecular complexity index is 634. The van der Waals surface area contributed by atoms with Crippen molar-refractivity contribution < 1.29 is 4.79 Å². The second-order valence-electron chi connectivity index (χ2n) is 6.66. The molecule has 0 atom stereocenters. The lowest BCUT2D eigenvalue weighted by Crippen LogP contribution is -2.10. The van der Waals surface area contributed by atoms with E-state index in [1.165, 1.54) is 16.7 Å². The van der Waals surface area contributed by atoms with E-state index in [0.717, 1.165) is 36.3 Å². The molecule has 0 bridgehead atoms. The first-order valence-electron chi connectivity index (χ1n) is 8.85. The molecule has 1 amide bonds. The predicted molar refractivity (Wildman–Crippen MR) is 111 cm³/mol. The molecule has 1 aromatic rings. The third kappa shape index (κ3) is 9.98. The van der Waals surface area contributed by atoms with E-state index in [2.05, 4.69) is 45.9 Å². The highest BCUT2D eigenvalue weighted by molar-refractivity contribution is 7.99. The van der Waals surface area contributed by atoms with Gasteiger partial charge in [-0.2, -0.15) is 0 Å². The Morgan fingerprint density at radius 2 is 1.48 bits per heavy atom. The van der Waals surface area contributed by atoms with Gasteiger partial charge in [0.05, 0.1) is 0 Å². The fourth-order valence-corrected chi connectivity index (χ4v) is 3.22. The van der Waals surface area contributed by atoms with Crippen LogP contribution in [-0.2, 0) is 0 Å². The number of thioether (sulfide) groups is 1. The fourth-order valence-electron chi connectivity index (χ4n) is 2.33. The zero-order chi connectivity index (χ0) is 18.7. The van der Waals surface area contributed by atoms with Gasteiger partial charge in [0, 0.05) is 16.2 Å². The van der Waals surface area contributed by atoms with Crippen LogP contribution in [0.3, 0.4) is 0 Å². The maximum atomic E-state index is 11.1. The molecule has 0 spiro atoms. The molecule has 0 fully saturated rings. The maximum absolute atomic E-state index is 11.1. The molecule has 0 aliphatic heterocycles. The van der Waals surface area contributed by atoms with E-state index in [0.29, 0.717) is 5.56 Å². The lowest BCUT2D eigenvalue weighted by Gasteiger charge is -2.03. The van der Waals surface area contributed by atoms with Crippen LogP contribution in [0.4, 0.5) is 0 Å². The Labute approximate surface area is 157 Å². The van der Waals surface area contributed by atoms with Crippen molar-refractivity contribution in [2.45, 2.75) is 58.3 Å².